The number of aromatic nitrogens is 1. The van der Waals surface area contributed by atoms with Crippen molar-refractivity contribution in [2.45, 2.75) is 19.8 Å². The quantitative estimate of drug-likeness (QED) is 0.490. The van der Waals surface area contributed by atoms with E-state index < -0.39 is 13.8 Å². The molecule has 0 amide bonds. The summed E-state index contributed by atoms with van der Waals surface area (Å²) >= 11 is 0. The molecule has 4 heterocycles. The molecule has 9 heteroatoms. The van der Waals surface area contributed by atoms with E-state index >= 15 is 0 Å². The molecule has 1 aromatic rings. The van der Waals surface area contributed by atoms with Crippen LogP contribution >= 0.6 is 7.82 Å². The van der Waals surface area contributed by atoms with Gasteiger partial charge in [-0.25, -0.2) is 13.6 Å². The number of carbonyl (C=O) groups excluding carboxylic acids is 1. The number of aromatic hydroxyl groups is 1. The van der Waals surface area contributed by atoms with Crippen molar-refractivity contribution in [2.24, 2.45) is 0 Å². The van der Waals surface area contributed by atoms with Gasteiger partial charge in [0.2, 0.25) is 0 Å². The van der Waals surface area contributed by atoms with Crippen molar-refractivity contribution < 1.29 is 33.1 Å². The molecule has 0 radical (unpaired) electrons. The molecule has 2 bridgehead atoms. The molecule has 3 fully saturated rings. The average Bonchev–Trinajstić information content (AvgIpc) is 2.76. The van der Waals surface area contributed by atoms with Gasteiger partial charge >= 0.3 is 13.8 Å². The molecule has 3 aliphatic heterocycles. The van der Waals surface area contributed by atoms with Gasteiger partial charge in [0.1, 0.15) is 5.75 Å². The fraction of sp³-hybridized carbons (Fsp3) is 0.333. The molecule has 0 spiro atoms. The van der Waals surface area contributed by atoms with Crippen molar-refractivity contribution in [3.63, 3.8) is 0 Å². The van der Waals surface area contributed by atoms with E-state index in [9.17, 15) is 14.5 Å². The van der Waals surface area contributed by atoms with E-state index in [-0.39, 0.29) is 22.6 Å². The van der Waals surface area contributed by atoms with E-state index in [2.05, 4.69) is 9.66 Å². The first-order valence-corrected chi connectivity index (χ1v) is 6.42. The van der Waals surface area contributed by atoms with Crippen LogP contribution in [0.1, 0.15) is 27.3 Å². The molecule has 18 heavy (non-hydrogen) atoms. The zero-order valence-electron chi connectivity index (χ0n) is 9.37. The van der Waals surface area contributed by atoms with Gasteiger partial charge in [-0.15, -0.1) is 4.67 Å². The molecule has 0 aromatic carbocycles. The minimum Gasteiger partial charge on any atom is -0.505 e. The van der Waals surface area contributed by atoms with Crippen LogP contribution in [-0.2, 0) is 29.1 Å². The van der Waals surface area contributed by atoms with Gasteiger partial charge in [-0.3, -0.25) is 9.78 Å². The summed E-state index contributed by atoms with van der Waals surface area (Å²) in [5.41, 5.74) is 0.557. The highest BCUT2D eigenvalue weighted by Gasteiger charge is 2.71. The van der Waals surface area contributed by atoms with Crippen molar-refractivity contribution >= 4 is 14.1 Å². The first kappa shape index (κ1) is 11.8. The Hall–Kier alpha value is -1.31. The number of fused-ring (bicyclic) bond motifs is 1. The molecule has 0 aliphatic carbocycles. The summed E-state index contributed by atoms with van der Waals surface area (Å²) in [6.07, 6.45) is 0.415. The SMILES string of the molecule is Cc1nc(C)c(C23OOP(=O)(O2)O3)c(C=O)c1O. The van der Waals surface area contributed by atoms with Crippen LogP contribution in [0.3, 0.4) is 0 Å². The summed E-state index contributed by atoms with van der Waals surface area (Å²) in [5.74, 6) is -2.20. The highest BCUT2D eigenvalue weighted by Crippen LogP contribution is 2.76. The molecule has 0 atom stereocenters. The summed E-state index contributed by atoms with van der Waals surface area (Å²) in [6, 6.07) is 0. The smallest absolute Gasteiger partial charge is 0.505 e. The van der Waals surface area contributed by atoms with Gasteiger partial charge in [0.25, 0.3) is 0 Å². The normalized spacial score (nSPS) is 33.2. The maximum Gasteiger partial charge on any atom is 0.511 e. The second kappa shape index (κ2) is 3.37. The predicted molar refractivity (Wildman–Crippen MR) is 54.4 cm³/mol. The summed E-state index contributed by atoms with van der Waals surface area (Å²) < 4.78 is 25.6. The van der Waals surface area contributed by atoms with E-state index in [4.69, 9.17) is 13.9 Å². The number of nitrogens with zero attached hydrogens (tertiary/aromatic N) is 1. The van der Waals surface area contributed by atoms with Gasteiger partial charge in [-0.2, -0.15) is 4.89 Å². The van der Waals surface area contributed by atoms with Crippen molar-refractivity contribution in [3.8, 4) is 5.75 Å². The Morgan fingerprint density at radius 2 is 2.00 bits per heavy atom. The molecule has 3 saturated heterocycles. The third kappa shape index (κ3) is 1.32. The Kier molecular flexibility index (Phi) is 2.20. The summed E-state index contributed by atoms with van der Waals surface area (Å²) in [4.78, 5) is 19.8. The number of hydrogen-bond donors (Lipinski definition) is 1. The zero-order chi connectivity index (χ0) is 13.1. The van der Waals surface area contributed by atoms with E-state index in [0.717, 1.165) is 0 Å². The molecule has 3 aliphatic rings. The van der Waals surface area contributed by atoms with Gasteiger partial charge in [0, 0.05) is 5.69 Å². The monoisotopic (exact) mass is 273 g/mol. The van der Waals surface area contributed by atoms with Crippen molar-refractivity contribution in [2.75, 3.05) is 0 Å². The van der Waals surface area contributed by atoms with Gasteiger partial charge < -0.3 is 5.11 Å². The predicted octanol–water partition coefficient (Wildman–Crippen LogP) is 1.44. The lowest BCUT2D eigenvalue weighted by molar-refractivity contribution is -0.386. The Labute approximate surface area is 101 Å². The van der Waals surface area contributed by atoms with Crippen LogP contribution in [0.4, 0.5) is 0 Å². The maximum absolute atomic E-state index is 11.4. The Morgan fingerprint density at radius 3 is 2.50 bits per heavy atom. The minimum absolute atomic E-state index is 0.0459. The highest BCUT2D eigenvalue weighted by molar-refractivity contribution is 7.49. The molecule has 1 N–H and O–H groups in total. The van der Waals surface area contributed by atoms with Crippen molar-refractivity contribution in [1.29, 1.82) is 0 Å². The number of aryl methyl sites for hydroxylation is 2. The number of phosphoric ester groups is 1. The lowest BCUT2D eigenvalue weighted by Gasteiger charge is -2.31. The third-order valence-corrected chi connectivity index (χ3v) is 3.88. The molecule has 8 nitrogen and oxygen atoms in total. The Morgan fingerprint density at radius 1 is 1.33 bits per heavy atom. The standard InChI is InChI=1S/C9H8NO7P/c1-4-7(6(3-11)8(12)5(2)10-4)9-14-17-18(13,15-9)16-9/h3,12H,1-2H3. The first-order chi connectivity index (χ1) is 8.41. The van der Waals surface area contributed by atoms with Crippen LogP contribution in [-0.4, -0.2) is 16.4 Å². The van der Waals surface area contributed by atoms with Crippen LogP contribution in [0.2, 0.25) is 0 Å². The van der Waals surface area contributed by atoms with E-state index in [1.165, 1.54) is 6.92 Å². The summed E-state index contributed by atoms with van der Waals surface area (Å²) in [6.45, 7) is 3.11. The fourth-order valence-corrected chi connectivity index (χ4v) is 3.06. The number of rotatable bonds is 2. The van der Waals surface area contributed by atoms with Crippen LogP contribution in [0.5, 0.6) is 5.75 Å². The summed E-state index contributed by atoms with van der Waals surface area (Å²) in [7, 11) is -3.66. The van der Waals surface area contributed by atoms with Crippen LogP contribution in [0.15, 0.2) is 0 Å². The van der Waals surface area contributed by atoms with Crippen molar-refractivity contribution in [3.05, 3.63) is 22.5 Å². The third-order valence-electron chi connectivity index (χ3n) is 2.69. The molecule has 0 unspecified atom stereocenters. The zero-order valence-corrected chi connectivity index (χ0v) is 10.3. The molecule has 0 saturated carbocycles. The van der Waals surface area contributed by atoms with E-state index in [1.54, 1.807) is 6.92 Å². The number of aldehydes is 1. The van der Waals surface area contributed by atoms with Gasteiger partial charge in [-0.05, 0) is 13.8 Å². The highest BCUT2D eigenvalue weighted by atomic mass is 31.2. The van der Waals surface area contributed by atoms with Gasteiger partial charge in [-0.1, -0.05) is 0 Å². The van der Waals surface area contributed by atoms with E-state index in [1.807, 2.05) is 0 Å². The molecule has 1 aromatic heterocycles. The van der Waals surface area contributed by atoms with Gasteiger partial charge in [0.05, 0.1) is 16.8 Å². The molecule has 96 valence electrons. The van der Waals surface area contributed by atoms with Gasteiger partial charge in [0.15, 0.2) is 6.29 Å². The van der Waals surface area contributed by atoms with E-state index in [0.29, 0.717) is 12.0 Å². The Balaban J connectivity index is 2.22. The largest absolute Gasteiger partial charge is 0.511 e. The second-order valence-corrected chi connectivity index (χ2v) is 5.29. The number of phosphoric acid groups is 1. The Bertz CT molecular complexity index is 603. The van der Waals surface area contributed by atoms with Crippen LogP contribution in [0.25, 0.3) is 0 Å². The molecular weight excluding hydrogens is 265 g/mol. The number of pyridine rings is 1. The lowest BCUT2D eigenvalue weighted by Crippen LogP contribution is -2.36. The first-order valence-electron chi connectivity index (χ1n) is 4.95. The number of carbonyl (C=O) groups is 1. The maximum atomic E-state index is 11.4. The van der Waals surface area contributed by atoms with Crippen LogP contribution < -0.4 is 0 Å². The second-order valence-electron chi connectivity index (χ2n) is 3.88. The average molecular weight is 273 g/mol. The topological polar surface area (TPSA) is 104 Å². The number of hydrogen-bond acceptors (Lipinski definition) is 8. The molecular formula is C9H8NO7P. The molecule has 4 rings (SSSR count). The minimum atomic E-state index is -3.66. The lowest BCUT2D eigenvalue weighted by atomic mass is 10.0. The van der Waals surface area contributed by atoms with Crippen molar-refractivity contribution in [1.82, 2.24) is 4.98 Å². The summed E-state index contributed by atoms with van der Waals surface area (Å²) in [5, 5.41) is 9.79. The van der Waals surface area contributed by atoms with Crippen LogP contribution in [0, 0.1) is 13.8 Å². The fourth-order valence-electron chi connectivity index (χ4n) is 1.96.